The average Bonchev–Trinajstić information content (AvgIpc) is 2.35. The molecule has 0 aliphatic heterocycles. The summed E-state index contributed by atoms with van der Waals surface area (Å²) in [5, 5.41) is 0. The highest BCUT2D eigenvalue weighted by Crippen LogP contribution is 2.22. The molecule has 0 rings (SSSR count). The van der Waals surface area contributed by atoms with E-state index in [9.17, 15) is 4.79 Å². The van der Waals surface area contributed by atoms with E-state index in [1.807, 2.05) is 20.8 Å². The van der Waals surface area contributed by atoms with E-state index in [0.29, 0.717) is 43.1 Å². The summed E-state index contributed by atoms with van der Waals surface area (Å²) in [5.74, 6) is -1.32. The van der Waals surface area contributed by atoms with Crippen molar-refractivity contribution in [1.29, 1.82) is 0 Å². The van der Waals surface area contributed by atoms with Crippen LogP contribution in [0.25, 0.3) is 0 Å². The first kappa shape index (κ1) is 17.3. The molecular formula is C12H24O5Si. The van der Waals surface area contributed by atoms with Crippen LogP contribution in [0.15, 0.2) is 12.2 Å². The Morgan fingerprint density at radius 1 is 1.11 bits per heavy atom. The first-order valence-corrected chi connectivity index (χ1v) is 7.12. The van der Waals surface area contributed by atoms with Gasteiger partial charge in [0.15, 0.2) is 0 Å². The summed E-state index contributed by atoms with van der Waals surface area (Å²) < 4.78 is 21.3. The smallest absolute Gasteiger partial charge is 0.316 e. The lowest BCUT2D eigenvalue weighted by atomic mass is 10.2. The first-order valence-electron chi connectivity index (χ1n) is 6.30. The van der Waals surface area contributed by atoms with Gasteiger partial charge in [-0.2, -0.15) is 0 Å². The van der Waals surface area contributed by atoms with Gasteiger partial charge in [-0.05, 0) is 27.2 Å². The zero-order chi connectivity index (χ0) is 13.9. The topological polar surface area (TPSA) is 54.0 Å². The molecule has 0 amide bonds. The van der Waals surface area contributed by atoms with Crippen LogP contribution in [-0.4, -0.2) is 42.2 Å². The molecule has 0 radical (unpaired) electrons. The van der Waals surface area contributed by atoms with Gasteiger partial charge in [0, 0.05) is 32.3 Å². The lowest BCUT2D eigenvalue weighted by Crippen LogP contribution is -2.39. The van der Waals surface area contributed by atoms with Crippen LogP contribution in [-0.2, 0) is 23.4 Å². The van der Waals surface area contributed by atoms with Gasteiger partial charge in [0.1, 0.15) is 0 Å². The molecule has 0 spiro atoms. The molecule has 5 nitrogen and oxygen atoms in total. The van der Waals surface area contributed by atoms with Gasteiger partial charge in [-0.3, -0.25) is 0 Å². The molecule has 0 aromatic rings. The molecule has 106 valence electrons. The molecular weight excluding hydrogens is 252 g/mol. The summed E-state index contributed by atoms with van der Waals surface area (Å²) >= 11 is 0. The third-order valence-corrected chi connectivity index (χ3v) is 2.57. The van der Waals surface area contributed by atoms with Crippen molar-refractivity contribution in [2.45, 2.75) is 39.6 Å². The molecule has 0 fully saturated rings. The zero-order valence-electron chi connectivity index (χ0n) is 11.7. The second-order valence-corrected chi connectivity index (χ2v) is 3.85. The van der Waals surface area contributed by atoms with E-state index in [1.165, 1.54) is 6.08 Å². The molecule has 0 bridgehead atoms. The minimum atomic E-state index is -1.01. The summed E-state index contributed by atoms with van der Waals surface area (Å²) in [5.41, 5.74) is 0. The Labute approximate surface area is 112 Å². The van der Waals surface area contributed by atoms with Crippen molar-refractivity contribution in [3.05, 3.63) is 12.2 Å². The Bertz CT molecular complexity index is 238. The van der Waals surface area contributed by atoms with Crippen molar-refractivity contribution in [3.63, 3.8) is 0 Å². The van der Waals surface area contributed by atoms with Crippen LogP contribution in [0, 0.1) is 0 Å². The number of rotatable bonds is 10. The second-order valence-electron chi connectivity index (χ2n) is 3.45. The van der Waals surface area contributed by atoms with Crippen LogP contribution < -0.4 is 0 Å². The van der Waals surface area contributed by atoms with E-state index in [4.69, 9.17) is 14.2 Å². The zero-order valence-corrected chi connectivity index (χ0v) is 13.7. The van der Waals surface area contributed by atoms with Crippen LogP contribution in [0.2, 0.25) is 0 Å². The fraction of sp³-hybridized carbons (Fsp3) is 0.750. The van der Waals surface area contributed by atoms with Gasteiger partial charge in [-0.1, -0.05) is 6.08 Å². The van der Waals surface area contributed by atoms with Gasteiger partial charge in [-0.15, -0.1) is 0 Å². The predicted octanol–water partition coefficient (Wildman–Crippen LogP) is 0.910. The van der Waals surface area contributed by atoms with Gasteiger partial charge >= 0.3 is 5.97 Å². The fourth-order valence-electron chi connectivity index (χ4n) is 1.51. The van der Waals surface area contributed by atoms with Crippen LogP contribution >= 0.6 is 0 Å². The van der Waals surface area contributed by atoms with Crippen molar-refractivity contribution >= 4 is 16.5 Å². The SMILES string of the molecule is CCOC(CCC=CC(=O)O[SiH3])(OCC)OCC. The highest BCUT2D eigenvalue weighted by Gasteiger charge is 2.31. The molecule has 0 atom stereocenters. The molecule has 0 saturated heterocycles. The number of ether oxygens (including phenoxy) is 3. The van der Waals surface area contributed by atoms with Crippen molar-refractivity contribution in [2.24, 2.45) is 0 Å². The number of carbonyl (C=O) groups is 1. The molecule has 0 aromatic carbocycles. The maximum atomic E-state index is 10.9. The van der Waals surface area contributed by atoms with E-state index < -0.39 is 5.97 Å². The van der Waals surface area contributed by atoms with Crippen LogP contribution in [0.3, 0.4) is 0 Å². The molecule has 0 aliphatic carbocycles. The van der Waals surface area contributed by atoms with Crippen molar-refractivity contribution < 1.29 is 23.4 Å². The van der Waals surface area contributed by atoms with Crippen LogP contribution in [0.1, 0.15) is 33.6 Å². The molecule has 6 heteroatoms. The summed E-state index contributed by atoms with van der Waals surface area (Å²) in [6.45, 7) is 7.19. The third kappa shape index (κ3) is 6.90. The quantitative estimate of drug-likeness (QED) is 0.337. The highest BCUT2D eigenvalue weighted by molar-refractivity contribution is 6.07. The Morgan fingerprint density at radius 3 is 2.00 bits per heavy atom. The van der Waals surface area contributed by atoms with E-state index in [1.54, 1.807) is 6.08 Å². The second kappa shape index (κ2) is 10.2. The van der Waals surface area contributed by atoms with Gasteiger partial charge < -0.3 is 18.6 Å². The standard InChI is InChI=1S/C12H24O5Si/c1-4-14-12(15-5-2,16-6-3)10-8-7-9-11(13)17-18/h7,9H,4-6,8,10H2,1-3,18H3. The van der Waals surface area contributed by atoms with Gasteiger partial charge in [0.05, 0.1) is 0 Å². The fourth-order valence-corrected chi connectivity index (χ4v) is 1.65. The number of allylic oxidation sites excluding steroid dienone is 1. The van der Waals surface area contributed by atoms with Crippen molar-refractivity contribution in [3.8, 4) is 0 Å². The molecule has 0 aliphatic rings. The lowest BCUT2D eigenvalue weighted by Gasteiger charge is -2.32. The van der Waals surface area contributed by atoms with Crippen LogP contribution in [0.5, 0.6) is 0 Å². The molecule has 0 N–H and O–H groups in total. The van der Waals surface area contributed by atoms with E-state index in [0.717, 1.165) is 0 Å². The molecule has 0 unspecified atom stereocenters. The normalized spacial score (nSPS) is 12.2. The summed E-state index contributed by atoms with van der Waals surface area (Å²) in [4.78, 5) is 10.9. The van der Waals surface area contributed by atoms with Gasteiger partial charge in [0.25, 0.3) is 5.97 Å². The van der Waals surface area contributed by atoms with Crippen LogP contribution in [0.4, 0.5) is 0 Å². The number of hydrogen-bond acceptors (Lipinski definition) is 5. The maximum Gasteiger partial charge on any atom is 0.316 e. The number of hydrogen-bond donors (Lipinski definition) is 0. The summed E-state index contributed by atoms with van der Waals surface area (Å²) in [6, 6.07) is 0. The minimum absolute atomic E-state index is 0.309. The third-order valence-electron chi connectivity index (χ3n) is 2.17. The maximum absolute atomic E-state index is 10.9. The lowest BCUT2D eigenvalue weighted by molar-refractivity contribution is -0.379. The Hall–Kier alpha value is -0.693. The molecule has 0 aromatic heterocycles. The van der Waals surface area contributed by atoms with E-state index >= 15 is 0 Å². The van der Waals surface area contributed by atoms with Gasteiger partial charge in [-0.25, -0.2) is 4.79 Å². The number of carbonyl (C=O) groups excluding carboxylic acids is 1. The Morgan fingerprint density at radius 2 is 1.61 bits per heavy atom. The monoisotopic (exact) mass is 276 g/mol. The first-order chi connectivity index (χ1) is 8.64. The average molecular weight is 276 g/mol. The van der Waals surface area contributed by atoms with E-state index in [2.05, 4.69) is 4.43 Å². The van der Waals surface area contributed by atoms with Crippen molar-refractivity contribution in [1.82, 2.24) is 0 Å². The highest BCUT2D eigenvalue weighted by atomic mass is 28.2. The molecule has 18 heavy (non-hydrogen) atoms. The van der Waals surface area contributed by atoms with Gasteiger partial charge in [0.2, 0.25) is 10.5 Å². The minimum Gasteiger partial charge on any atom is -0.526 e. The Kier molecular flexibility index (Phi) is 9.86. The molecule has 0 saturated carbocycles. The summed E-state index contributed by atoms with van der Waals surface area (Å²) in [7, 11) is 0.410. The molecule has 0 heterocycles. The largest absolute Gasteiger partial charge is 0.526 e. The Balaban J connectivity index is 4.37. The van der Waals surface area contributed by atoms with Crippen molar-refractivity contribution in [2.75, 3.05) is 19.8 Å². The van der Waals surface area contributed by atoms with E-state index in [-0.39, 0.29) is 5.97 Å². The summed E-state index contributed by atoms with van der Waals surface area (Å²) in [6.07, 6.45) is 4.32. The predicted molar refractivity (Wildman–Crippen MR) is 72.0 cm³/mol.